The van der Waals surface area contributed by atoms with Crippen LogP contribution >= 0.6 is 11.8 Å². The first-order valence-electron chi connectivity index (χ1n) is 10.5. The number of anilines is 1. The Labute approximate surface area is 191 Å². The lowest BCUT2D eigenvalue weighted by molar-refractivity contribution is -0.109. The summed E-state index contributed by atoms with van der Waals surface area (Å²) in [4.78, 5) is 11.8. The summed E-state index contributed by atoms with van der Waals surface area (Å²) in [6, 6.07) is 1.42. The highest BCUT2D eigenvalue weighted by atomic mass is 32.2. The fourth-order valence-electron chi connectivity index (χ4n) is 2.97. The molecular formula is C21H30F2N2O5SSi. The first-order chi connectivity index (χ1) is 14.9. The van der Waals surface area contributed by atoms with Crippen molar-refractivity contribution in [1.29, 1.82) is 0 Å². The molecule has 0 aliphatic carbocycles. The van der Waals surface area contributed by atoms with E-state index in [0.29, 0.717) is 26.4 Å². The molecule has 1 saturated heterocycles. The smallest absolute Gasteiger partial charge is 0.207 e. The van der Waals surface area contributed by atoms with Crippen LogP contribution < -0.4 is 5.32 Å². The highest BCUT2D eigenvalue weighted by Gasteiger charge is 2.37. The molecule has 0 saturated carbocycles. The van der Waals surface area contributed by atoms with Gasteiger partial charge in [0.2, 0.25) is 11.4 Å². The van der Waals surface area contributed by atoms with Crippen LogP contribution in [0.5, 0.6) is 0 Å². The third kappa shape index (κ3) is 5.50. The van der Waals surface area contributed by atoms with Gasteiger partial charge in [0.25, 0.3) is 0 Å². The Morgan fingerprint density at radius 3 is 2.56 bits per heavy atom. The van der Waals surface area contributed by atoms with Crippen molar-refractivity contribution in [1.82, 2.24) is 5.16 Å². The molecule has 1 aromatic carbocycles. The molecule has 1 atom stereocenters. The number of aromatic nitrogens is 1. The monoisotopic (exact) mass is 488 g/mol. The highest BCUT2D eigenvalue weighted by Crippen LogP contribution is 2.37. The van der Waals surface area contributed by atoms with Gasteiger partial charge in [-0.05, 0) is 24.2 Å². The van der Waals surface area contributed by atoms with E-state index in [4.69, 9.17) is 18.4 Å². The highest BCUT2D eigenvalue weighted by molar-refractivity contribution is 8.14. The summed E-state index contributed by atoms with van der Waals surface area (Å²) in [5.41, 5.74) is -0.338. The number of carbonyl (C=O) groups excluding carboxylic acids is 1. The van der Waals surface area contributed by atoms with E-state index < -0.39 is 26.2 Å². The van der Waals surface area contributed by atoms with E-state index in [0.717, 1.165) is 0 Å². The van der Waals surface area contributed by atoms with Gasteiger partial charge in [-0.15, -0.1) is 0 Å². The van der Waals surface area contributed by atoms with Crippen LogP contribution in [0.4, 0.5) is 14.6 Å². The number of thioether (sulfide) groups is 1. The van der Waals surface area contributed by atoms with E-state index in [1.54, 1.807) is 0 Å². The fraction of sp³-hybridized carbons (Fsp3) is 0.619. The van der Waals surface area contributed by atoms with E-state index in [9.17, 15) is 13.6 Å². The van der Waals surface area contributed by atoms with Crippen molar-refractivity contribution in [3.8, 4) is 0 Å². The number of halogens is 2. The molecule has 2 aromatic rings. The summed E-state index contributed by atoms with van der Waals surface area (Å²) in [7, 11) is -2.00. The van der Waals surface area contributed by atoms with Crippen molar-refractivity contribution >= 4 is 42.0 Å². The van der Waals surface area contributed by atoms with Gasteiger partial charge in [-0.1, -0.05) is 37.7 Å². The molecular weight excluding hydrogens is 458 g/mol. The summed E-state index contributed by atoms with van der Waals surface area (Å²) in [5.74, 6) is -1.98. The number of ether oxygens (including phenoxy) is 2. The predicted octanol–water partition coefficient (Wildman–Crippen LogP) is 5.23. The average molecular weight is 489 g/mol. The molecule has 1 aliphatic heterocycles. The first-order valence-corrected chi connectivity index (χ1v) is 14.2. The number of nitrogens with one attached hydrogen (secondary N) is 1. The Kier molecular flexibility index (Phi) is 7.65. The Balaban J connectivity index is 1.78. The Morgan fingerprint density at radius 2 is 1.97 bits per heavy atom. The van der Waals surface area contributed by atoms with Gasteiger partial charge in [-0.3, -0.25) is 4.79 Å². The van der Waals surface area contributed by atoms with Gasteiger partial charge < -0.3 is 23.7 Å². The molecule has 7 nitrogen and oxygen atoms in total. The van der Waals surface area contributed by atoms with E-state index in [2.05, 4.69) is 44.3 Å². The molecule has 0 bridgehead atoms. The molecule has 1 fully saturated rings. The molecule has 1 N–H and O–H groups in total. The zero-order chi connectivity index (χ0) is 23.7. The van der Waals surface area contributed by atoms with Crippen molar-refractivity contribution in [2.75, 3.05) is 31.7 Å². The molecule has 2 heterocycles. The van der Waals surface area contributed by atoms with Crippen LogP contribution in [-0.2, 0) is 18.7 Å². The van der Waals surface area contributed by atoms with Gasteiger partial charge in [0, 0.05) is 25.6 Å². The maximum absolute atomic E-state index is 14.5. The van der Waals surface area contributed by atoms with Crippen LogP contribution in [0.1, 0.15) is 39.5 Å². The van der Waals surface area contributed by atoms with Crippen molar-refractivity contribution in [2.45, 2.75) is 57.4 Å². The number of rotatable bonds is 8. The lowest BCUT2D eigenvalue weighted by Crippen LogP contribution is -2.43. The largest absolute Gasteiger partial charge is 0.416 e. The molecule has 1 aromatic heterocycles. The van der Waals surface area contributed by atoms with Crippen LogP contribution in [-0.4, -0.2) is 50.2 Å². The molecule has 0 amide bonds. The fourth-order valence-corrected chi connectivity index (χ4v) is 4.91. The van der Waals surface area contributed by atoms with Gasteiger partial charge in [-0.25, -0.2) is 4.39 Å². The molecule has 0 radical (unpaired) electrons. The second-order valence-corrected chi connectivity index (χ2v) is 15.5. The Bertz CT molecular complexity index is 973. The molecule has 178 valence electrons. The minimum atomic E-state index is -2.00. The minimum absolute atomic E-state index is 0.0356. The minimum Gasteiger partial charge on any atom is -0.416 e. The summed E-state index contributed by atoms with van der Waals surface area (Å²) >= 11 is 1.17. The van der Waals surface area contributed by atoms with E-state index in [1.807, 2.05) is 0 Å². The van der Waals surface area contributed by atoms with Crippen LogP contribution in [0.15, 0.2) is 10.6 Å². The van der Waals surface area contributed by atoms with E-state index in [-0.39, 0.29) is 37.8 Å². The summed E-state index contributed by atoms with van der Waals surface area (Å²) in [5, 5.41) is 7.04. The quantitative estimate of drug-likeness (QED) is 0.506. The van der Waals surface area contributed by atoms with Crippen molar-refractivity contribution in [3.05, 3.63) is 23.3 Å². The van der Waals surface area contributed by atoms with E-state index in [1.165, 1.54) is 24.8 Å². The molecule has 32 heavy (non-hydrogen) atoms. The van der Waals surface area contributed by atoms with Gasteiger partial charge in [-0.2, -0.15) is 4.39 Å². The summed E-state index contributed by atoms with van der Waals surface area (Å²) in [6.45, 7) is 13.5. The third-order valence-electron chi connectivity index (χ3n) is 5.82. The number of hydrogen-bond acceptors (Lipinski definition) is 8. The van der Waals surface area contributed by atoms with Gasteiger partial charge >= 0.3 is 0 Å². The second kappa shape index (κ2) is 9.76. The number of hydrogen-bond donors (Lipinski definition) is 1. The van der Waals surface area contributed by atoms with Crippen LogP contribution in [0.25, 0.3) is 11.0 Å². The molecule has 1 aliphatic rings. The number of nitrogens with zero attached hydrogens (tertiary/aromatic N) is 1. The molecule has 0 spiro atoms. The standard InChI is InChI=1S/C21H30F2N2O5SSi/c1-12(26)31-13(11-29-32(5,6)21(2,3)4)10-24-19-15-9-14(20-27-7-8-28-20)16(22)17(23)18(15)30-25-19/h9,13,20H,7-8,10-11H2,1-6H3,(H,24,25)/t13-/m1/s1. The van der Waals surface area contributed by atoms with Crippen LogP contribution in [0, 0.1) is 11.6 Å². The van der Waals surface area contributed by atoms with Gasteiger partial charge in [0.05, 0.1) is 23.8 Å². The maximum Gasteiger partial charge on any atom is 0.207 e. The Hall–Kier alpha value is -1.53. The molecule has 3 rings (SSSR count). The normalized spacial score (nSPS) is 16.6. The van der Waals surface area contributed by atoms with Crippen molar-refractivity contribution in [2.24, 2.45) is 0 Å². The summed E-state index contributed by atoms with van der Waals surface area (Å²) < 4.78 is 51.0. The zero-order valence-corrected chi connectivity index (χ0v) is 21.0. The maximum atomic E-state index is 14.5. The van der Waals surface area contributed by atoms with E-state index >= 15 is 0 Å². The number of benzene rings is 1. The van der Waals surface area contributed by atoms with Crippen molar-refractivity contribution in [3.63, 3.8) is 0 Å². The lowest BCUT2D eigenvalue weighted by atomic mass is 10.1. The second-order valence-electron chi connectivity index (χ2n) is 9.26. The lowest BCUT2D eigenvalue weighted by Gasteiger charge is -2.37. The zero-order valence-electron chi connectivity index (χ0n) is 19.2. The van der Waals surface area contributed by atoms with Crippen molar-refractivity contribution < 1.29 is 32.0 Å². The third-order valence-corrected chi connectivity index (χ3v) is 11.3. The molecule has 11 heteroatoms. The summed E-state index contributed by atoms with van der Waals surface area (Å²) in [6.07, 6.45) is -0.976. The van der Waals surface area contributed by atoms with Gasteiger partial charge in [0.15, 0.2) is 31.4 Å². The first kappa shape index (κ1) is 25.1. The predicted molar refractivity (Wildman–Crippen MR) is 122 cm³/mol. The Morgan fingerprint density at radius 1 is 1.31 bits per heavy atom. The topological polar surface area (TPSA) is 82.8 Å². The van der Waals surface area contributed by atoms with Crippen LogP contribution in [0.2, 0.25) is 18.1 Å². The SMILES string of the molecule is CC(=O)S[C@H](CNc1noc2c(F)c(F)c(C3OCCO3)cc12)CO[Si](C)(C)C(C)(C)C. The van der Waals surface area contributed by atoms with Gasteiger partial charge in [0.1, 0.15) is 0 Å². The molecule has 0 unspecified atom stereocenters. The number of fused-ring (bicyclic) bond motifs is 1. The average Bonchev–Trinajstić information content (AvgIpc) is 3.35. The van der Waals surface area contributed by atoms with Crippen LogP contribution in [0.3, 0.4) is 0 Å². The number of carbonyl (C=O) groups is 1.